The van der Waals surface area contributed by atoms with Crippen molar-refractivity contribution in [2.45, 2.75) is 53.6 Å². The van der Waals surface area contributed by atoms with Gasteiger partial charge in [-0.05, 0) is 34.8 Å². The lowest BCUT2D eigenvalue weighted by Crippen LogP contribution is -2.43. The second kappa shape index (κ2) is 11.8. The maximum atomic E-state index is 13.3. The van der Waals surface area contributed by atoms with Gasteiger partial charge in [0, 0.05) is 24.4 Å². The third kappa shape index (κ3) is 9.09. The molecule has 0 N–H and O–H groups in total. The number of hydrogen-bond donors (Lipinski definition) is 0. The highest BCUT2D eigenvalue weighted by molar-refractivity contribution is 7.09. The van der Waals surface area contributed by atoms with Gasteiger partial charge in [-0.1, -0.05) is 70.2 Å². The molecular formula is C26H36N2O2S. The first-order valence-corrected chi connectivity index (χ1v) is 11.8. The average molecular weight is 441 g/mol. The van der Waals surface area contributed by atoms with Crippen molar-refractivity contribution in [1.82, 2.24) is 9.80 Å². The number of rotatable bonds is 11. The number of carbonyl (C=O) groups is 2. The van der Waals surface area contributed by atoms with E-state index in [-0.39, 0.29) is 29.7 Å². The normalized spacial score (nSPS) is 12.3. The number of benzene rings is 1. The standard InChI is InChI=1S/C26H36N2O2S/c1-6-14-27(24(29)16-21(2)17-26(3,4)5)20-25(30)28(19-23-13-10-15-31-23)18-22-11-8-7-9-12-22/h6-13,15,21H,1,14,16-20H2,2-5H3. The molecule has 0 fully saturated rings. The Labute approximate surface area is 191 Å². The molecule has 1 unspecified atom stereocenters. The summed E-state index contributed by atoms with van der Waals surface area (Å²) in [6.45, 7) is 14.0. The van der Waals surface area contributed by atoms with Crippen molar-refractivity contribution in [2.75, 3.05) is 13.1 Å². The smallest absolute Gasteiger partial charge is 0.242 e. The van der Waals surface area contributed by atoms with E-state index in [1.165, 1.54) is 0 Å². The van der Waals surface area contributed by atoms with Gasteiger partial charge in [-0.25, -0.2) is 0 Å². The van der Waals surface area contributed by atoms with Crippen LogP contribution in [0.1, 0.15) is 51.0 Å². The summed E-state index contributed by atoms with van der Waals surface area (Å²) in [4.78, 5) is 30.9. The van der Waals surface area contributed by atoms with E-state index in [9.17, 15) is 9.59 Å². The Balaban J connectivity index is 2.09. The van der Waals surface area contributed by atoms with Crippen LogP contribution >= 0.6 is 11.3 Å². The Morgan fingerprint density at radius 1 is 1.03 bits per heavy atom. The number of hydrogen-bond acceptors (Lipinski definition) is 3. The maximum Gasteiger partial charge on any atom is 0.242 e. The lowest BCUT2D eigenvalue weighted by atomic mass is 9.84. The predicted molar refractivity (Wildman–Crippen MR) is 130 cm³/mol. The van der Waals surface area contributed by atoms with E-state index in [4.69, 9.17) is 0 Å². The van der Waals surface area contributed by atoms with E-state index >= 15 is 0 Å². The van der Waals surface area contributed by atoms with Crippen LogP contribution in [0.3, 0.4) is 0 Å². The molecule has 1 heterocycles. The van der Waals surface area contributed by atoms with E-state index in [0.29, 0.717) is 26.1 Å². The van der Waals surface area contributed by atoms with Crippen LogP contribution in [-0.4, -0.2) is 34.7 Å². The molecule has 1 aromatic heterocycles. The average Bonchev–Trinajstić information content (AvgIpc) is 3.19. The van der Waals surface area contributed by atoms with Crippen molar-refractivity contribution in [3.05, 3.63) is 70.9 Å². The van der Waals surface area contributed by atoms with Crippen LogP contribution in [0.4, 0.5) is 0 Å². The molecule has 2 rings (SSSR count). The summed E-state index contributed by atoms with van der Waals surface area (Å²) in [6, 6.07) is 14.0. The Bertz CT molecular complexity index is 825. The van der Waals surface area contributed by atoms with Crippen molar-refractivity contribution < 1.29 is 9.59 Å². The Morgan fingerprint density at radius 2 is 1.74 bits per heavy atom. The third-order valence-corrected chi connectivity index (χ3v) is 5.87. The highest BCUT2D eigenvalue weighted by Gasteiger charge is 2.24. The zero-order valence-corrected chi connectivity index (χ0v) is 20.2. The molecule has 0 aliphatic rings. The number of amides is 2. The van der Waals surface area contributed by atoms with Crippen LogP contribution in [-0.2, 0) is 22.7 Å². The monoisotopic (exact) mass is 440 g/mol. The van der Waals surface area contributed by atoms with E-state index in [2.05, 4.69) is 34.3 Å². The second-order valence-corrected chi connectivity index (χ2v) is 10.5. The summed E-state index contributed by atoms with van der Waals surface area (Å²) in [5.41, 5.74) is 1.25. The zero-order valence-electron chi connectivity index (χ0n) is 19.3. The molecule has 31 heavy (non-hydrogen) atoms. The topological polar surface area (TPSA) is 40.6 Å². The van der Waals surface area contributed by atoms with Crippen molar-refractivity contribution in [3.63, 3.8) is 0 Å². The van der Waals surface area contributed by atoms with Gasteiger partial charge in [0.1, 0.15) is 6.54 Å². The molecule has 5 heteroatoms. The molecular weight excluding hydrogens is 404 g/mol. The minimum atomic E-state index is -0.0454. The molecule has 0 spiro atoms. The van der Waals surface area contributed by atoms with Crippen LogP contribution in [0, 0.1) is 11.3 Å². The predicted octanol–water partition coefficient (Wildman–Crippen LogP) is 5.75. The van der Waals surface area contributed by atoms with Gasteiger partial charge in [0.05, 0.1) is 6.54 Å². The van der Waals surface area contributed by atoms with Crippen LogP contribution in [0.15, 0.2) is 60.5 Å². The van der Waals surface area contributed by atoms with E-state index in [1.54, 1.807) is 22.3 Å². The highest BCUT2D eigenvalue weighted by atomic mass is 32.1. The Morgan fingerprint density at radius 3 is 2.32 bits per heavy atom. The molecule has 4 nitrogen and oxygen atoms in total. The zero-order chi connectivity index (χ0) is 22.9. The summed E-state index contributed by atoms with van der Waals surface area (Å²) >= 11 is 1.64. The maximum absolute atomic E-state index is 13.3. The molecule has 1 atom stereocenters. The Kier molecular flexibility index (Phi) is 9.50. The molecule has 0 aliphatic heterocycles. The van der Waals surface area contributed by atoms with Gasteiger partial charge in [0.25, 0.3) is 0 Å². The fourth-order valence-electron chi connectivity index (χ4n) is 3.85. The van der Waals surface area contributed by atoms with Gasteiger partial charge in [-0.2, -0.15) is 0 Å². The fraction of sp³-hybridized carbons (Fsp3) is 0.462. The minimum Gasteiger partial charge on any atom is -0.332 e. The quantitative estimate of drug-likeness (QED) is 0.417. The van der Waals surface area contributed by atoms with Crippen molar-refractivity contribution in [2.24, 2.45) is 11.3 Å². The fourth-order valence-corrected chi connectivity index (χ4v) is 4.56. The molecule has 0 bridgehead atoms. The van der Waals surface area contributed by atoms with Crippen molar-refractivity contribution in [3.8, 4) is 0 Å². The molecule has 0 saturated carbocycles. The van der Waals surface area contributed by atoms with E-state index in [0.717, 1.165) is 16.9 Å². The van der Waals surface area contributed by atoms with Gasteiger partial charge >= 0.3 is 0 Å². The molecule has 2 amide bonds. The first kappa shape index (κ1) is 24.9. The molecule has 0 radical (unpaired) electrons. The molecule has 168 valence electrons. The number of thiophene rings is 1. The van der Waals surface area contributed by atoms with Crippen molar-refractivity contribution >= 4 is 23.2 Å². The summed E-state index contributed by atoms with van der Waals surface area (Å²) in [5, 5.41) is 2.02. The summed E-state index contributed by atoms with van der Waals surface area (Å²) in [7, 11) is 0. The van der Waals surface area contributed by atoms with Gasteiger partial charge in [0.15, 0.2) is 0 Å². The van der Waals surface area contributed by atoms with Gasteiger partial charge in [-0.15, -0.1) is 17.9 Å². The summed E-state index contributed by atoms with van der Waals surface area (Å²) in [6.07, 6.45) is 3.11. The van der Waals surface area contributed by atoms with Crippen LogP contribution in [0.2, 0.25) is 0 Å². The summed E-state index contributed by atoms with van der Waals surface area (Å²) in [5.74, 6) is 0.234. The lowest BCUT2D eigenvalue weighted by Gasteiger charge is -2.29. The minimum absolute atomic E-state index is 0.0146. The first-order chi connectivity index (χ1) is 14.7. The van der Waals surface area contributed by atoms with E-state index in [1.807, 2.05) is 52.7 Å². The first-order valence-electron chi connectivity index (χ1n) is 10.9. The number of nitrogens with zero attached hydrogens (tertiary/aromatic N) is 2. The Hall–Kier alpha value is -2.40. The van der Waals surface area contributed by atoms with Crippen molar-refractivity contribution in [1.29, 1.82) is 0 Å². The molecule has 2 aromatic rings. The second-order valence-electron chi connectivity index (χ2n) is 9.45. The van der Waals surface area contributed by atoms with Gasteiger partial charge in [0.2, 0.25) is 11.8 Å². The largest absolute Gasteiger partial charge is 0.332 e. The third-order valence-electron chi connectivity index (χ3n) is 5.01. The SMILES string of the molecule is C=CCN(CC(=O)N(Cc1ccccc1)Cc1cccs1)C(=O)CC(C)CC(C)(C)C. The lowest BCUT2D eigenvalue weighted by molar-refractivity contribution is -0.141. The highest BCUT2D eigenvalue weighted by Crippen LogP contribution is 2.26. The van der Waals surface area contributed by atoms with Crippen LogP contribution < -0.4 is 0 Å². The van der Waals surface area contributed by atoms with Crippen LogP contribution in [0.5, 0.6) is 0 Å². The van der Waals surface area contributed by atoms with E-state index < -0.39 is 0 Å². The van der Waals surface area contributed by atoms with Gasteiger partial charge in [-0.3, -0.25) is 9.59 Å². The number of carbonyl (C=O) groups excluding carboxylic acids is 2. The molecule has 0 saturated heterocycles. The summed E-state index contributed by atoms with van der Waals surface area (Å²) < 4.78 is 0. The molecule has 1 aromatic carbocycles. The van der Waals surface area contributed by atoms with Gasteiger partial charge < -0.3 is 9.80 Å². The van der Waals surface area contributed by atoms with Crippen LogP contribution in [0.25, 0.3) is 0 Å². The molecule has 0 aliphatic carbocycles.